The number of cyclic esters (lactones) is 1. The van der Waals surface area contributed by atoms with Crippen LogP contribution in [0.3, 0.4) is 0 Å². The number of pyridine rings is 1. The van der Waals surface area contributed by atoms with E-state index in [-0.39, 0.29) is 30.6 Å². The number of furan rings is 1. The molecule has 0 radical (unpaired) electrons. The van der Waals surface area contributed by atoms with E-state index in [9.17, 15) is 19.2 Å². The molecule has 11 heteroatoms. The molecular formula is C25H25N3O8. The zero-order chi connectivity index (χ0) is 25.7. The predicted molar refractivity (Wildman–Crippen MR) is 120 cm³/mol. The number of carbonyl (C=O) groups excluding carboxylic acids is 4. The summed E-state index contributed by atoms with van der Waals surface area (Å²) in [5.41, 5.74) is 11.5. The molecule has 0 spiro atoms. The van der Waals surface area contributed by atoms with Crippen LogP contribution in [0.4, 0.5) is 0 Å². The molecule has 1 saturated carbocycles. The number of nitrogens with zero attached hydrogens (tertiary/aromatic N) is 1. The molecule has 0 amide bonds. The Morgan fingerprint density at radius 1 is 1.19 bits per heavy atom. The van der Waals surface area contributed by atoms with Crippen molar-refractivity contribution >= 4 is 23.7 Å². The Balaban J connectivity index is 1.57. The molecule has 2 fully saturated rings. The number of hydrogen-bond donors (Lipinski definition) is 2. The van der Waals surface area contributed by atoms with Gasteiger partial charge in [0.15, 0.2) is 5.76 Å². The van der Waals surface area contributed by atoms with Crippen molar-refractivity contribution in [1.82, 2.24) is 4.98 Å². The summed E-state index contributed by atoms with van der Waals surface area (Å²) in [5, 5.41) is 0. The number of aromatic nitrogens is 1. The lowest BCUT2D eigenvalue weighted by atomic mass is 9.50. The fourth-order valence-corrected chi connectivity index (χ4v) is 5.83. The number of ketones is 1. The Morgan fingerprint density at radius 3 is 2.67 bits per heavy atom. The van der Waals surface area contributed by atoms with Gasteiger partial charge in [-0.05, 0) is 37.1 Å². The van der Waals surface area contributed by atoms with Crippen molar-refractivity contribution in [2.45, 2.75) is 36.4 Å². The number of allylic oxidation sites excluding steroid dienone is 1. The molecule has 188 valence electrons. The quantitative estimate of drug-likeness (QED) is 0.460. The molecular weight excluding hydrogens is 470 g/mol. The maximum absolute atomic E-state index is 13.9. The highest BCUT2D eigenvalue weighted by Gasteiger charge is 2.67. The summed E-state index contributed by atoms with van der Waals surface area (Å²) in [6.07, 6.45) is 6.46. The summed E-state index contributed by atoms with van der Waals surface area (Å²) in [6, 6.07) is 4.66. The number of esters is 3. The Bertz CT molecular complexity index is 1240. The maximum Gasteiger partial charge on any atom is 0.345 e. The lowest BCUT2D eigenvalue weighted by Crippen LogP contribution is -2.76. The van der Waals surface area contributed by atoms with Gasteiger partial charge in [-0.3, -0.25) is 19.4 Å². The molecule has 36 heavy (non-hydrogen) atoms. The van der Waals surface area contributed by atoms with Crippen LogP contribution in [0, 0.1) is 17.8 Å². The molecule has 3 heterocycles. The molecule has 0 unspecified atom stereocenters. The first-order valence-electron chi connectivity index (χ1n) is 11.5. The van der Waals surface area contributed by atoms with Gasteiger partial charge in [0, 0.05) is 35.5 Å². The number of hydrogen-bond acceptors (Lipinski definition) is 11. The fourth-order valence-electron chi connectivity index (χ4n) is 5.83. The maximum atomic E-state index is 13.9. The molecule has 4 N–H and O–H groups in total. The SMILES string of the molecule is COC(=O)[C@@H]1C=C(OC(=O)c2cccnc2)C(=O)[C@H]2[C@@]1(N)CC[C@H]1C(=O)O[C@H](c3ccoc3)C[C@]21N. The second-order valence-corrected chi connectivity index (χ2v) is 9.46. The number of Topliss-reactive ketones (excluding diaryl/α,β-unsaturated/α-hetero) is 1. The summed E-state index contributed by atoms with van der Waals surface area (Å²) in [6.45, 7) is 0. The molecule has 1 aliphatic heterocycles. The first-order valence-corrected chi connectivity index (χ1v) is 11.5. The zero-order valence-corrected chi connectivity index (χ0v) is 19.4. The number of fused-ring (bicyclic) bond motifs is 3. The van der Waals surface area contributed by atoms with Gasteiger partial charge in [-0.1, -0.05) is 0 Å². The van der Waals surface area contributed by atoms with Crippen LogP contribution in [0.25, 0.3) is 0 Å². The van der Waals surface area contributed by atoms with E-state index >= 15 is 0 Å². The number of ether oxygens (including phenoxy) is 3. The first-order chi connectivity index (χ1) is 17.2. The van der Waals surface area contributed by atoms with E-state index in [2.05, 4.69) is 4.98 Å². The highest BCUT2D eigenvalue weighted by atomic mass is 16.6. The Morgan fingerprint density at radius 2 is 2.00 bits per heavy atom. The average Bonchev–Trinajstić information content (AvgIpc) is 3.40. The topological polar surface area (TPSA) is 174 Å². The van der Waals surface area contributed by atoms with Gasteiger partial charge >= 0.3 is 17.9 Å². The molecule has 5 rings (SSSR count). The number of nitrogens with two attached hydrogens (primary N) is 2. The van der Waals surface area contributed by atoms with Crippen LogP contribution < -0.4 is 11.5 Å². The average molecular weight is 495 g/mol. The van der Waals surface area contributed by atoms with Crippen LogP contribution in [-0.2, 0) is 28.6 Å². The Kier molecular flexibility index (Phi) is 5.76. The molecule has 0 bridgehead atoms. The van der Waals surface area contributed by atoms with Crippen molar-refractivity contribution < 1.29 is 37.8 Å². The van der Waals surface area contributed by atoms with Gasteiger partial charge in [0.2, 0.25) is 5.78 Å². The van der Waals surface area contributed by atoms with E-state index in [0.29, 0.717) is 5.56 Å². The van der Waals surface area contributed by atoms with Gasteiger partial charge in [0.1, 0.15) is 6.10 Å². The summed E-state index contributed by atoms with van der Waals surface area (Å²) in [7, 11) is 1.20. The normalized spacial score (nSPS) is 33.5. The van der Waals surface area contributed by atoms with Gasteiger partial charge in [0.25, 0.3) is 0 Å². The number of rotatable bonds is 4. The summed E-state index contributed by atoms with van der Waals surface area (Å²) in [5.74, 6) is -6.39. The van der Waals surface area contributed by atoms with Gasteiger partial charge < -0.3 is 30.1 Å². The fraction of sp³-hybridized carbons (Fsp3) is 0.400. The van der Waals surface area contributed by atoms with Crippen molar-refractivity contribution in [2.75, 3.05) is 7.11 Å². The van der Waals surface area contributed by atoms with E-state index in [0.717, 1.165) is 0 Å². The molecule has 6 atom stereocenters. The smallest absolute Gasteiger partial charge is 0.345 e. The van der Waals surface area contributed by atoms with E-state index in [1.807, 2.05) is 0 Å². The molecule has 3 aliphatic rings. The van der Waals surface area contributed by atoms with Crippen LogP contribution in [0.15, 0.2) is 59.4 Å². The van der Waals surface area contributed by atoms with Crippen molar-refractivity contribution in [3.05, 3.63) is 66.1 Å². The third-order valence-electron chi connectivity index (χ3n) is 7.54. The second-order valence-electron chi connectivity index (χ2n) is 9.46. The molecule has 2 aromatic rings. The number of methoxy groups -OCH3 is 1. The van der Waals surface area contributed by atoms with Crippen LogP contribution in [-0.4, -0.2) is 46.9 Å². The van der Waals surface area contributed by atoms with Crippen molar-refractivity contribution in [1.29, 1.82) is 0 Å². The van der Waals surface area contributed by atoms with Crippen LogP contribution in [0.5, 0.6) is 0 Å². The van der Waals surface area contributed by atoms with E-state index < -0.39 is 58.6 Å². The van der Waals surface area contributed by atoms with Crippen LogP contribution in [0.1, 0.15) is 41.3 Å². The largest absolute Gasteiger partial charge is 0.472 e. The van der Waals surface area contributed by atoms with Crippen LogP contribution >= 0.6 is 0 Å². The summed E-state index contributed by atoms with van der Waals surface area (Å²) >= 11 is 0. The molecule has 2 aliphatic carbocycles. The standard InChI is InChI=1S/C25H25N3O8/c1-33-22(31)16-9-17(35-21(30)13-3-2-7-28-11-13)19(29)20-24(16,26)6-4-15-23(32)36-18(10-25(15,20)27)14-5-8-34-12-14/h2-3,5,7-9,11-12,15-16,18,20H,4,6,10,26-27H2,1H3/t15-,16-,18-,20-,24+,25+/m0/s1. The predicted octanol–water partition coefficient (Wildman–Crippen LogP) is 1.20. The highest BCUT2D eigenvalue weighted by Crippen LogP contribution is 2.55. The molecule has 2 aromatic heterocycles. The number of carbonyl (C=O) groups is 4. The molecule has 1 saturated heterocycles. The van der Waals surface area contributed by atoms with Gasteiger partial charge in [0.05, 0.1) is 43.0 Å². The highest BCUT2D eigenvalue weighted by molar-refractivity contribution is 6.04. The lowest BCUT2D eigenvalue weighted by Gasteiger charge is -2.58. The monoisotopic (exact) mass is 495 g/mol. The molecule has 0 aromatic carbocycles. The van der Waals surface area contributed by atoms with Crippen molar-refractivity contribution in [3.63, 3.8) is 0 Å². The summed E-state index contributed by atoms with van der Waals surface area (Å²) < 4.78 is 21.2. The van der Waals surface area contributed by atoms with Crippen molar-refractivity contribution in [3.8, 4) is 0 Å². The van der Waals surface area contributed by atoms with Crippen LogP contribution in [0.2, 0.25) is 0 Å². The third-order valence-corrected chi connectivity index (χ3v) is 7.54. The van der Waals surface area contributed by atoms with Gasteiger partial charge in [-0.25, -0.2) is 4.79 Å². The van der Waals surface area contributed by atoms with Gasteiger partial charge in [-0.15, -0.1) is 0 Å². The van der Waals surface area contributed by atoms with Crippen molar-refractivity contribution in [2.24, 2.45) is 29.2 Å². The van der Waals surface area contributed by atoms with Gasteiger partial charge in [-0.2, -0.15) is 0 Å². The minimum absolute atomic E-state index is 0.0516. The Hall–Kier alpha value is -3.83. The minimum Gasteiger partial charge on any atom is -0.472 e. The minimum atomic E-state index is -1.49. The second kappa shape index (κ2) is 8.68. The summed E-state index contributed by atoms with van der Waals surface area (Å²) in [4.78, 5) is 56.4. The van der Waals surface area contributed by atoms with E-state index in [1.54, 1.807) is 12.1 Å². The lowest BCUT2D eigenvalue weighted by molar-refractivity contribution is -0.179. The third kappa shape index (κ3) is 3.62. The van der Waals surface area contributed by atoms with E-state index in [1.165, 1.54) is 44.2 Å². The van der Waals surface area contributed by atoms with E-state index in [4.69, 9.17) is 30.1 Å². The zero-order valence-electron chi connectivity index (χ0n) is 19.4. The molecule has 11 nitrogen and oxygen atoms in total. The first kappa shape index (κ1) is 23.9. The Labute approximate surface area is 205 Å².